The van der Waals surface area contributed by atoms with E-state index in [1.807, 2.05) is 0 Å². The predicted molar refractivity (Wildman–Crippen MR) is 260 cm³/mol. The molecule has 0 fully saturated rings. The second kappa shape index (κ2) is 14.1. The number of hydrogen-bond acceptors (Lipinski definition) is 1. The Morgan fingerprint density at radius 2 is 0.855 bits per heavy atom. The minimum atomic E-state index is -0.114. The summed E-state index contributed by atoms with van der Waals surface area (Å²) in [6.07, 6.45) is 0. The van der Waals surface area contributed by atoms with Gasteiger partial charge in [-0.1, -0.05) is 172 Å². The van der Waals surface area contributed by atoms with Crippen LogP contribution in [0.2, 0.25) is 0 Å². The van der Waals surface area contributed by atoms with E-state index in [2.05, 4.69) is 252 Å². The van der Waals surface area contributed by atoms with Crippen LogP contribution in [0.4, 0.5) is 17.1 Å². The number of hydrogen-bond donors (Lipinski definition) is 0. The summed E-state index contributed by atoms with van der Waals surface area (Å²) in [7, 11) is 0. The van der Waals surface area contributed by atoms with Crippen molar-refractivity contribution in [3.63, 3.8) is 0 Å². The highest BCUT2D eigenvalue weighted by molar-refractivity contribution is 6.09. The molecule has 0 N–H and O–H groups in total. The third kappa shape index (κ3) is 5.59. The molecule has 0 unspecified atom stereocenters. The Balaban J connectivity index is 1.02. The summed E-state index contributed by atoms with van der Waals surface area (Å²) in [5, 5.41) is 1.23. The average Bonchev–Trinajstić information content (AvgIpc) is 3.93. The maximum atomic E-state index is 2.45. The van der Waals surface area contributed by atoms with Crippen molar-refractivity contribution in [3.05, 3.63) is 236 Å². The van der Waals surface area contributed by atoms with Crippen molar-refractivity contribution < 1.29 is 0 Å². The molecule has 0 bridgehead atoms. The molecule has 0 saturated carbocycles. The summed E-state index contributed by atoms with van der Waals surface area (Å²) in [5.74, 6) is 0. The van der Waals surface area contributed by atoms with Gasteiger partial charge >= 0.3 is 0 Å². The zero-order chi connectivity index (χ0) is 41.4. The monoisotopic (exact) mass is 793 g/mol. The Morgan fingerprint density at radius 1 is 0.371 bits per heavy atom. The first-order chi connectivity index (χ1) is 30.5. The van der Waals surface area contributed by atoms with Gasteiger partial charge in [0.25, 0.3) is 0 Å². The molecule has 2 heterocycles. The molecule has 1 aliphatic rings. The highest BCUT2D eigenvalue weighted by Gasteiger charge is 2.36. The Morgan fingerprint density at radius 3 is 1.52 bits per heavy atom. The molecule has 12 rings (SSSR count). The van der Waals surface area contributed by atoms with Gasteiger partial charge < -0.3 is 4.90 Å². The zero-order valence-corrected chi connectivity index (χ0v) is 34.7. The van der Waals surface area contributed by atoms with Crippen molar-refractivity contribution in [3.8, 4) is 50.2 Å². The number of rotatable bonds is 7. The van der Waals surface area contributed by atoms with Crippen LogP contribution in [0, 0.1) is 0 Å². The fourth-order valence-electron chi connectivity index (χ4n) is 10.1. The van der Waals surface area contributed by atoms with Gasteiger partial charge in [-0.25, -0.2) is 0 Å². The smallest absolute Gasteiger partial charge is 0.131 e. The lowest BCUT2D eigenvalue weighted by Crippen LogP contribution is -2.16. The topological polar surface area (TPSA) is 12.6 Å². The Kier molecular flexibility index (Phi) is 8.20. The van der Waals surface area contributed by atoms with Crippen molar-refractivity contribution in [2.24, 2.45) is 0 Å². The maximum Gasteiger partial charge on any atom is 0.131 e. The van der Waals surface area contributed by atoms with E-state index < -0.39 is 0 Å². The number of anilines is 3. The van der Waals surface area contributed by atoms with Gasteiger partial charge in [0.1, 0.15) is 5.65 Å². The molecule has 0 atom stereocenters. The van der Waals surface area contributed by atoms with Gasteiger partial charge in [0.2, 0.25) is 0 Å². The molecule has 62 heavy (non-hydrogen) atoms. The highest BCUT2D eigenvalue weighted by Crippen LogP contribution is 2.51. The Hall–Kier alpha value is -7.88. The van der Waals surface area contributed by atoms with E-state index in [1.165, 1.54) is 77.6 Å². The van der Waals surface area contributed by atoms with Gasteiger partial charge in [-0.2, -0.15) is 0 Å². The lowest BCUT2D eigenvalue weighted by Gasteiger charge is -2.28. The molecule has 3 nitrogen and oxygen atoms in total. The van der Waals surface area contributed by atoms with Gasteiger partial charge in [0, 0.05) is 39.1 Å². The zero-order valence-electron chi connectivity index (χ0n) is 34.7. The number of nitrogens with zero attached hydrogens (tertiary/aromatic N) is 3. The van der Waals surface area contributed by atoms with E-state index in [4.69, 9.17) is 0 Å². The number of aromatic nitrogens is 2. The molecule has 1 aliphatic carbocycles. The highest BCUT2D eigenvalue weighted by atomic mass is 15.1. The van der Waals surface area contributed by atoms with E-state index in [1.54, 1.807) is 0 Å². The number of imidazole rings is 1. The van der Waals surface area contributed by atoms with Crippen LogP contribution >= 0.6 is 0 Å². The lowest BCUT2D eigenvalue weighted by atomic mass is 9.82. The summed E-state index contributed by atoms with van der Waals surface area (Å²) in [5.41, 5.74) is 21.7. The van der Waals surface area contributed by atoms with E-state index in [-0.39, 0.29) is 5.41 Å². The van der Waals surface area contributed by atoms with Gasteiger partial charge in [0.15, 0.2) is 0 Å². The quantitative estimate of drug-likeness (QED) is 0.157. The summed E-state index contributed by atoms with van der Waals surface area (Å²) >= 11 is 0. The van der Waals surface area contributed by atoms with Crippen LogP contribution in [0.1, 0.15) is 25.0 Å². The summed E-state index contributed by atoms with van der Waals surface area (Å²) < 4.78 is 4.89. The molecule has 0 amide bonds. The van der Waals surface area contributed by atoms with Gasteiger partial charge in [-0.3, -0.25) is 8.97 Å². The summed E-state index contributed by atoms with van der Waals surface area (Å²) in [6, 6.07) is 82.0. The van der Waals surface area contributed by atoms with Crippen molar-refractivity contribution in [1.82, 2.24) is 8.97 Å². The SMILES string of the molecule is CC1(C)c2ccccc2-c2ccc(N(c3ccc(-c4ccccc4)cc3)c3ccc(-c4c5ccccc5n5c6ccccc6n(-c6ccc(-c7ccccc7)cc6)c45)cc3)cc21. The first-order valence-corrected chi connectivity index (χ1v) is 21.5. The van der Waals surface area contributed by atoms with Crippen molar-refractivity contribution in [1.29, 1.82) is 0 Å². The van der Waals surface area contributed by atoms with Gasteiger partial charge in [-0.15, -0.1) is 0 Å². The van der Waals surface area contributed by atoms with Crippen LogP contribution in [0.25, 0.3) is 77.8 Å². The molecule has 3 heteroatoms. The molecule has 0 radical (unpaired) electrons. The largest absolute Gasteiger partial charge is 0.310 e. The molecule has 9 aromatic carbocycles. The second-order valence-corrected chi connectivity index (χ2v) is 17.0. The van der Waals surface area contributed by atoms with Crippen LogP contribution < -0.4 is 4.90 Å². The summed E-state index contributed by atoms with van der Waals surface area (Å²) in [6.45, 7) is 4.71. The minimum absolute atomic E-state index is 0.114. The van der Waals surface area contributed by atoms with Crippen LogP contribution in [0.5, 0.6) is 0 Å². The fourth-order valence-corrected chi connectivity index (χ4v) is 10.1. The fraction of sp³-hybridized carbons (Fsp3) is 0.0508. The summed E-state index contributed by atoms with van der Waals surface area (Å²) in [4.78, 5) is 2.41. The van der Waals surface area contributed by atoms with Crippen molar-refractivity contribution >= 4 is 44.6 Å². The number of fused-ring (bicyclic) bond motifs is 8. The molecule has 294 valence electrons. The van der Waals surface area contributed by atoms with Crippen LogP contribution in [0.3, 0.4) is 0 Å². The molecule has 0 aliphatic heterocycles. The van der Waals surface area contributed by atoms with E-state index in [9.17, 15) is 0 Å². The lowest BCUT2D eigenvalue weighted by molar-refractivity contribution is 0.660. The van der Waals surface area contributed by atoms with Gasteiger partial charge in [0.05, 0.1) is 16.6 Å². The first kappa shape index (κ1) is 36.0. The Bertz CT molecular complexity index is 3450. The van der Waals surface area contributed by atoms with Crippen LogP contribution in [0.15, 0.2) is 224 Å². The first-order valence-electron chi connectivity index (χ1n) is 21.5. The van der Waals surface area contributed by atoms with Gasteiger partial charge in [-0.05, 0) is 117 Å². The molecular weight excluding hydrogens is 751 g/mol. The third-order valence-electron chi connectivity index (χ3n) is 13.1. The van der Waals surface area contributed by atoms with Crippen molar-refractivity contribution in [2.45, 2.75) is 19.3 Å². The molecular formula is C59H43N3. The number of para-hydroxylation sites is 3. The van der Waals surface area contributed by atoms with E-state index >= 15 is 0 Å². The minimum Gasteiger partial charge on any atom is -0.310 e. The molecule has 0 saturated heterocycles. The maximum absolute atomic E-state index is 2.45. The number of benzene rings is 9. The normalized spacial score (nSPS) is 12.8. The van der Waals surface area contributed by atoms with Crippen molar-refractivity contribution in [2.75, 3.05) is 4.90 Å². The van der Waals surface area contributed by atoms with E-state index in [0.29, 0.717) is 0 Å². The standard InChI is InChI=1S/C59H43N3/c1-59(2)52-21-11-9-19-49(52)50-38-37-48(39-53(50)59)60(45-31-25-42(26-32-45)40-15-5-3-6-16-40)46-35-29-44(30-36-46)57-51-20-10-12-22-54(51)62-56-24-14-13-23-55(56)61(58(57)62)47-33-27-43(28-34-47)41-17-7-4-8-18-41/h3-39H,1-2H3. The Labute approximate surface area is 362 Å². The van der Waals surface area contributed by atoms with Crippen LogP contribution in [-0.2, 0) is 5.41 Å². The average molecular weight is 794 g/mol. The molecule has 0 spiro atoms. The van der Waals surface area contributed by atoms with Crippen LogP contribution in [-0.4, -0.2) is 8.97 Å². The van der Waals surface area contributed by atoms with E-state index in [0.717, 1.165) is 28.4 Å². The molecule has 2 aromatic heterocycles. The predicted octanol–water partition coefficient (Wildman–Crippen LogP) is 15.8. The third-order valence-corrected chi connectivity index (χ3v) is 13.1. The second-order valence-electron chi connectivity index (χ2n) is 17.0. The molecule has 11 aromatic rings.